The van der Waals surface area contributed by atoms with Crippen molar-refractivity contribution in [1.82, 2.24) is 10.6 Å². The van der Waals surface area contributed by atoms with Crippen LogP contribution >= 0.6 is 0 Å². The highest BCUT2D eigenvalue weighted by Gasteiger charge is 2.32. The van der Waals surface area contributed by atoms with Crippen LogP contribution in [0.5, 0.6) is 0 Å². The van der Waals surface area contributed by atoms with Crippen molar-refractivity contribution in [2.24, 2.45) is 5.92 Å². The van der Waals surface area contributed by atoms with E-state index in [1.807, 2.05) is 6.92 Å². The third-order valence-corrected chi connectivity index (χ3v) is 2.65. The van der Waals surface area contributed by atoms with E-state index in [0.29, 0.717) is 5.92 Å². The number of hydrogen-bond acceptors (Lipinski definition) is 2. The van der Waals surface area contributed by atoms with Crippen LogP contribution in [0.4, 0.5) is 4.79 Å². The summed E-state index contributed by atoms with van der Waals surface area (Å²) in [5, 5.41) is 14.0. The van der Waals surface area contributed by atoms with Crippen molar-refractivity contribution in [3.63, 3.8) is 0 Å². The van der Waals surface area contributed by atoms with Crippen LogP contribution in [-0.4, -0.2) is 28.7 Å². The number of carboxylic acids is 1. The predicted molar refractivity (Wildman–Crippen MR) is 55.6 cm³/mol. The van der Waals surface area contributed by atoms with Gasteiger partial charge in [-0.15, -0.1) is 0 Å². The highest BCUT2D eigenvalue weighted by atomic mass is 16.4. The molecule has 0 bridgehead atoms. The number of carboxylic acid groups (broad SMARTS) is 1. The first-order valence-corrected chi connectivity index (χ1v) is 5.15. The Kier molecular flexibility index (Phi) is 3.21. The molecule has 1 rings (SSSR count). The van der Waals surface area contributed by atoms with Gasteiger partial charge in [0.25, 0.3) is 0 Å². The summed E-state index contributed by atoms with van der Waals surface area (Å²) in [6, 6.07) is -0.295. The van der Waals surface area contributed by atoms with E-state index >= 15 is 0 Å². The van der Waals surface area contributed by atoms with E-state index < -0.39 is 17.5 Å². The second-order valence-electron chi connectivity index (χ2n) is 4.65. The van der Waals surface area contributed by atoms with Gasteiger partial charge < -0.3 is 15.7 Å². The quantitative estimate of drug-likeness (QED) is 0.652. The van der Waals surface area contributed by atoms with Crippen LogP contribution in [0.3, 0.4) is 0 Å². The average molecular weight is 214 g/mol. The molecule has 5 nitrogen and oxygen atoms in total. The minimum atomic E-state index is -1.23. The SMILES string of the molecule is CC(NC(=O)NC(C)(C)C(=O)O)C1CC1. The fourth-order valence-electron chi connectivity index (χ4n) is 1.29. The van der Waals surface area contributed by atoms with E-state index in [0.717, 1.165) is 12.8 Å². The zero-order chi connectivity index (χ0) is 11.6. The van der Waals surface area contributed by atoms with Crippen LogP contribution in [0, 0.1) is 5.92 Å². The van der Waals surface area contributed by atoms with Gasteiger partial charge in [0.2, 0.25) is 0 Å². The summed E-state index contributed by atoms with van der Waals surface area (Å²) < 4.78 is 0. The minimum Gasteiger partial charge on any atom is -0.480 e. The Hall–Kier alpha value is -1.26. The van der Waals surface area contributed by atoms with Crippen LogP contribution in [0.1, 0.15) is 33.6 Å². The van der Waals surface area contributed by atoms with Gasteiger partial charge in [-0.25, -0.2) is 9.59 Å². The standard InChI is InChI=1S/C10H18N2O3/c1-6(7-4-5-7)11-9(15)12-10(2,3)8(13)14/h6-7H,4-5H2,1-3H3,(H,13,14)(H2,11,12,15). The lowest BCUT2D eigenvalue weighted by atomic mass is 10.1. The molecule has 0 aliphatic heterocycles. The van der Waals surface area contributed by atoms with Crippen molar-refractivity contribution in [1.29, 1.82) is 0 Å². The molecule has 1 aliphatic carbocycles. The lowest BCUT2D eigenvalue weighted by molar-refractivity contribution is -0.142. The number of carbonyl (C=O) groups is 2. The second-order valence-corrected chi connectivity index (χ2v) is 4.65. The highest BCUT2D eigenvalue weighted by molar-refractivity contribution is 5.85. The number of amides is 2. The minimum absolute atomic E-state index is 0.120. The maximum atomic E-state index is 11.4. The van der Waals surface area contributed by atoms with E-state index in [1.165, 1.54) is 13.8 Å². The topological polar surface area (TPSA) is 78.4 Å². The van der Waals surface area contributed by atoms with Crippen molar-refractivity contribution < 1.29 is 14.7 Å². The van der Waals surface area contributed by atoms with Crippen molar-refractivity contribution in [3.8, 4) is 0 Å². The summed E-state index contributed by atoms with van der Waals surface area (Å²) in [6.07, 6.45) is 2.29. The van der Waals surface area contributed by atoms with Gasteiger partial charge in [0.15, 0.2) is 0 Å². The number of nitrogens with one attached hydrogen (secondary N) is 2. The van der Waals surface area contributed by atoms with Crippen molar-refractivity contribution in [2.45, 2.75) is 45.2 Å². The van der Waals surface area contributed by atoms with Crippen LogP contribution in [-0.2, 0) is 4.79 Å². The van der Waals surface area contributed by atoms with Crippen LogP contribution < -0.4 is 10.6 Å². The van der Waals surface area contributed by atoms with E-state index in [9.17, 15) is 9.59 Å². The number of hydrogen-bond donors (Lipinski definition) is 3. The molecule has 0 heterocycles. The van der Waals surface area contributed by atoms with Gasteiger partial charge in [0.05, 0.1) is 0 Å². The van der Waals surface area contributed by atoms with Gasteiger partial charge in [-0.1, -0.05) is 0 Å². The summed E-state index contributed by atoms with van der Waals surface area (Å²) in [6.45, 7) is 4.85. The molecule has 3 N–H and O–H groups in total. The van der Waals surface area contributed by atoms with Gasteiger partial charge >= 0.3 is 12.0 Å². The molecule has 1 fully saturated rings. The Morgan fingerprint density at radius 2 is 1.93 bits per heavy atom. The summed E-state index contributed by atoms with van der Waals surface area (Å²) in [5.41, 5.74) is -1.23. The molecule has 0 spiro atoms. The molecular formula is C10H18N2O3. The fraction of sp³-hybridized carbons (Fsp3) is 0.800. The molecule has 0 saturated heterocycles. The van der Waals surface area contributed by atoms with E-state index in [4.69, 9.17) is 5.11 Å². The zero-order valence-corrected chi connectivity index (χ0v) is 9.33. The molecule has 86 valence electrons. The molecule has 5 heteroatoms. The van der Waals surface area contributed by atoms with Crippen LogP contribution in [0.15, 0.2) is 0 Å². The zero-order valence-electron chi connectivity index (χ0n) is 9.33. The van der Waals surface area contributed by atoms with E-state index in [2.05, 4.69) is 10.6 Å². The molecule has 15 heavy (non-hydrogen) atoms. The molecule has 2 amide bonds. The molecule has 1 aliphatic rings. The molecule has 0 aromatic heterocycles. The first-order chi connectivity index (χ1) is 6.83. The first kappa shape index (κ1) is 11.8. The monoisotopic (exact) mass is 214 g/mol. The summed E-state index contributed by atoms with van der Waals surface area (Å²) >= 11 is 0. The summed E-state index contributed by atoms with van der Waals surface area (Å²) in [5.74, 6) is -0.486. The van der Waals surface area contributed by atoms with Gasteiger partial charge in [0.1, 0.15) is 5.54 Å². The lowest BCUT2D eigenvalue weighted by Crippen LogP contribution is -2.54. The second kappa shape index (κ2) is 4.08. The molecule has 1 saturated carbocycles. The third-order valence-electron chi connectivity index (χ3n) is 2.65. The van der Waals surface area contributed by atoms with Crippen molar-refractivity contribution in [2.75, 3.05) is 0 Å². The van der Waals surface area contributed by atoms with E-state index in [1.54, 1.807) is 0 Å². The van der Waals surface area contributed by atoms with E-state index in [-0.39, 0.29) is 6.04 Å². The van der Waals surface area contributed by atoms with Gasteiger partial charge in [-0.2, -0.15) is 0 Å². The van der Waals surface area contributed by atoms with Gasteiger partial charge in [0, 0.05) is 6.04 Å². The highest BCUT2D eigenvalue weighted by Crippen LogP contribution is 2.32. The first-order valence-electron chi connectivity index (χ1n) is 5.15. The lowest BCUT2D eigenvalue weighted by Gasteiger charge is -2.23. The predicted octanol–water partition coefficient (Wildman–Crippen LogP) is 0.947. The van der Waals surface area contributed by atoms with Crippen molar-refractivity contribution in [3.05, 3.63) is 0 Å². The normalized spacial score (nSPS) is 18.1. The van der Waals surface area contributed by atoms with Crippen LogP contribution in [0.25, 0.3) is 0 Å². The van der Waals surface area contributed by atoms with Crippen molar-refractivity contribution >= 4 is 12.0 Å². The van der Waals surface area contributed by atoms with Crippen LogP contribution in [0.2, 0.25) is 0 Å². The number of urea groups is 1. The molecule has 1 unspecified atom stereocenters. The molecule has 0 aromatic carbocycles. The smallest absolute Gasteiger partial charge is 0.328 e. The molecular weight excluding hydrogens is 196 g/mol. The Labute approximate surface area is 89.2 Å². The summed E-state index contributed by atoms with van der Waals surface area (Å²) in [7, 11) is 0. The van der Waals surface area contributed by atoms with Gasteiger partial charge in [-0.3, -0.25) is 0 Å². The molecule has 0 radical (unpaired) electrons. The Morgan fingerprint density at radius 1 is 1.40 bits per heavy atom. The Bertz CT molecular complexity index is 272. The fourth-order valence-corrected chi connectivity index (χ4v) is 1.29. The Morgan fingerprint density at radius 3 is 2.33 bits per heavy atom. The maximum Gasteiger partial charge on any atom is 0.328 e. The Balaban J connectivity index is 2.37. The average Bonchev–Trinajstić information content (AvgIpc) is 2.83. The number of carbonyl (C=O) groups excluding carboxylic acids is 1. The van der Waals surface area contributed by atoms with Gasteiger partial charge in [-0.05, 0) is 39.5 Å². The largest absolute Gasteiger partial charge is 0.480 e. The molecule has 1 atom stereocenters. The third kappa shape index (κ3) is 3.42. The summed E-state index contributed by atoms with van der Waals surface area (Å²) in [4.78, 5) is 22.2. The number of rotatable bonds is 4. The molecule has 0 aromatic rings. The maximum absolute atomic E-state index is 11.4. The number of aliphatic carboxylic acids is 1.